The van der Waals surface area contributed by atoms with Gasteiger partial charge in [-0.15, -0.1) is 0 Å². The number of ether oxygens (including phenoxy) is 4. The molecule has 0 fully saturated rings. The molecule has 1 aromatic rings. The van der Waals surface area contributed by atoms with E-state index in [0.717, 1.165) is 49.7 Å². The highest BCUT2D eigenvalue weighted by atomic mass is 16.6. The highest BCUT2D eigenvalue weighted by molar-refractivity contribution is 6.01. The van der Waals surface area contributed by atoms with Crippen molar-refractivity contribution in [1.29, 1.82) is 0 Å². The molecule has 0 saturated heterocycles. The number of unbranched alkanes of at least 4 members (excludes halogenated alkanes) is 26. The van der Waals surface area contributed by atoms with Crippen LogP contribution >= 0.6 is 0 Å². The minimum Gasteiger partial charge on any atom is -0.465 e. The molecule has 8 nitrogen and oxygen atoms in total. The molecule has 0 unspecified atom stereocenters. The summed E-state index contributed by atoms with van der Waals surface area (Å²) in [5.41, 5.74) is -1.52. The maximum atomic E-state index is 13.9. The third-order valence-electron chi connectivity index (χ3n) is 12.6. The van der Waals surface area contributed by atoms with Crippen molar-refractivity contribution < 1.29 is 38.1 Å². The number of hydrogen-bond acceptors (Lipinski definition) is 8. The van der Waals surface area contributed by atoms with Crippen molar-refractivity contribution in [3.8, 4) is 0 Å². The first-order valence-electron chi connectivity index (χ1n) is 26.0. The molecular formula is C54H94O8. The van der Waals surface area contributed by atoms with E-state index in [9.17, 15) is 19.2 Å². The smallest absolute Gasteiger partial charge is 0.323 e. The first kappa shape index (κ1) is 57.1. The summed E-state index contributed by atoms with van der Waals surface area (Å²) in [6.45, 7) is 12.1. The zero-order valence-corrected chi connectivity index (χ0v) is 41.0. The van der Waals surface area contributed by atoms with Crippen LogP contribution in [0.1, 0.15) is 245 Å². The first-order chi connectivity index (χ1) is 30.2. The summed E-state index contributed by atoms with van der Waals surface area (Å²) in [6, 6.07) is 7.57. The topological polar surface area (TPSA) is 105 Å². The van der Waals surface area contributed by atoms with Crippen LogP contribution < -0.4 is 0 Å². The maximum Gasteiger partial charge on any atom is 0.323 e. The lowest BCUT2D eigenvalue weighted by Gasteiger charge is -2.31. The zero-order chi connectivity index (χ0) is 45.6. The second kappa shape index (κ2) is 37.5. The Hall–Kier alpha value is -2.90. The average molecular weight is 871 g/mol. The fourth-order valence-electron chi connectivity index (χ4n) is 8.91. The normalized spacial score (nSPS) is 11.7. The van der Waals surface area contributed by atoms with E-state index in [1.165, 1.54) is 128 Å². The Labute approximate surface area is 380 Å². The van der Waals surface area contributed by atoms with Gasteiger partial charge in [0.1, 0.15) is 0 Å². The number of hydrogen-bond donors (Lipinski definition) is 0. The van der Waals surface area contributed by atoms with Gasteiger partial charge >= 0.3 is 23.9 Å². The molecule has 1 aromatic carbocycles. The fraction of sp³-hybridized carbons (Fsp3) is 0.815. The summed E-state index contributed by atoms with van der Waals surface area (Å²) in [6.07, 6.45) is 34.8. The molecule has 0 aliphatic rings. The lowest BCUT2D eigenvalue weighted by atomic mass is 9.75. The summed E-state index contributed by atoms with van der Waals surface area (Å²) in [5, 5.41) is 0. The van der Waals surface area contributed by atoms with Gasteiger partial charge in [0.05, 0.1) is 26.4 Å². The highest BCUT2D eigenvalue weighted by Gasteiger charge is 2.50. The van der Waals surface area contributed by atoms with Crippen LogP contribution in [0.25, 0.3) is 0 Å². The second-order valence-corrected chi connectivity index (χ2v) is 17.9. The molecule has 0 amide bonds. The van der Waals surface area contributed by atoms with Crippen LogP contribution in [0.5, 0.6) is 0 Å². The number of esters is 4. The van der Waals surface area contributed by atoms with E-state index in [-0.39, 0.29) is 39.3 Å². The van der Waals surface area contributed by atoms with Gasteiger partial charge in [0.15, 0.2) is 10.8 Å². The lowest BCUT2D eigenvalue weighted by Crippen LogP contribution is -2.44. The molecular weight excluding hydrogens is 777 g/mol. The molecule has 8 heteroatoms. The minimum atomic E-state index is -1.50. The first-order valence-corrected chi connectivity index (χ1v) is 26.0. The Morgan fingerprint density at radius 2 is 0.581 bits per heavy atom. The van der Waals surface area contributed by atoms with E-state index in [1.807, 2.05) is 24.3 Å². The predicted octanol–water partition coefficient (Wildman–Crippen LogP) is 14.7. The van der Waals surface area contributed by atoms with Gasteiger partial charge in [-0.1, -0.05) is 218 Å². The summed E-state index contributed by atoms with van der Waals surface area (Å²) >= 11 is 0. The van der Waals surface area contributed by atoms with Gasteiger partial charge in [-0.3, -0.25) is 19.2 Å². The summed E-state index contributed by atoms with van der Waals surface area (Å²) in [5.74, 6) is -2.26. The van der Waals surface area contributed by atoms with E-state index >= 15 is 0 Å². The monoisotopic (exact) mass is 871 g/mol. The Morgan fingerprint density at radius 1 is 0.355 bits per heavy atom. The number of rotatable bonds is 42. The Bertz CT molecular complexity index is 1160. The van der Waals surface area contributed by atoms with Crippen molar-refractivity contribution in [3.05, 3.63) is 35.4 Å². The molecule has 0 bridgehead atoms. The van der Waals surface area contributed by atoms with Crippen LogP contribution in [0.4, 0.5) is 0 Å². The van der Waals surface area contributed by atoms with Crippen LogP contribution in [0.2, 0.25) is 0 Å². The van der Waals surface area contributed by atoms with Gasteiger partial charge in [-0.2, -0.15) is 0 Å². The molecule has 62 heavy (non-hydrogen) atoms. The molecule has 0 aliphatic heterocycles. The predicted molar refractivity (Wildman–Crippen MR) is 255 cm³/mol. The van der Waals surface area contributed by atoms with Crippen molar-refractivity contribution in [3.63, 3.8) is 0 Å². The lowest BCUT2D eigenvalue weighted by molar-refractivity contribution is -0.174. The summed E-state index contributed by atoms with van der Waals surface area (Å²) < 4.78 is 22.4. The van der Waals surface area contributed by atoms with Crippen molar-refractivity contribution in [1.82, 2.24) is 0 Å². The standard InChI is InChI=1S/C54H94O8/c1-7-13-15-17-19-21-23-25-27-29-31-33-35-37-42-53(49(55)59-9-3,50(56)60-10-4)45-47-40-39-41-48(44-47)46-54(51(57)61-11-5,52(58)62-12-6)43-38-36-34-32-30-28-26-24-22-20-18-16-14-8-2/h39-41,44H,7-38,42-43,45-46H2,1-6H3. The van der Waals surface area contributed by atoms with Crippen LogP contribution in [0, 0.1) is 10.8 Å². The van der Waals surface area contributed by atoms with Crippen LogP contribution in [0.15, 0.2) is 24.3 Å². The average Bonchev–Trinajstić information content (AvgIpc) is 3.26. The molecule has 0 atom stereocenters. The van der Waals surface area contributed by atoms with E-state index in [0.29, 0.717) is 25.7 Å². The Balaban J connectivity index is 3.03. The maximum absolute atomic E-state index is 13.9. The Kier molecular flexibility index (Phi) is 34.5. The van der Waals surface area contributed by atoms with E-state index in [2.05, 4.69) is 13.8 Å². The van der Waals surface area contributed by atoms with Gasteiger partial charge < -0.3 is 18.9 Å². The summed E-state index contributed by atoms with van der Waals surface area (Å²) in [7, 11) is 0. The largest absolute Gasteiger partial charge is 0.465 e. The van der Waals surface area contributed by atoms with Gasteiger partial charge in [-0.25, -0.2) is 0 Å². The molecule has 358 valence electrons. The molecule has 0 N–H and O–H groups in total. The van der Waals surface area contributed by atoms with Crippen LogP contribution in [-0.2, 0) is 51.0 Å². The molecule has 0 aromatic heterocycles. The number of carbonyl (C=O) groups is 4. The zero-order valence-electron chi connectivity index (χ0n) is 41.0. The second-order valence-electron chi connectivity index (χ2n) is 17.9. The van der Waals surface area contributed by atoms with Crippen LogP contribution in [-0.4, -0.2) is 50.3 Å². The van der Waals surface area contributed by atoms with Gasteiger partial charge in [0, 0.05) is 0 Å². The molecule has 0 radical (unpaired) electrons. The minimum absolute atomic E-state index is 0.0989. The van der Waals surface area contributed by atoms with Gasteiger partial charge in [0.2, 0.25) is 0 Å². The molecule has 0 aliphatic carbocycles. The summed E-state index contributed by atoms with van der Waals surface area (Å²) in [4.78, 5) is 55.4. The Morgan fingerprint density at radius 3 is 0.806 bits per heavy atom. The van der Waals surface area contributed by atoms with E-state index in [4.69, 9.17) is 18.9 Å². The van der Waals surface area contributed by atoms with Crippen molar-refractivity contribution >= 4 is 23.9 Å². The fourth-order valence-corrected chi connectivity index (χ4v) is 8.91. The molecule has 1 rings (SSSR count). The van der Waals surface area contributed by atoms with Gasteiger partial charge in [-0.05, 0) is 64.5 Å². The van der Waals surface area contributed by atoms with Crippen molar-refractivity contribution in [2.45, 2.75) is 247 Å². The van der Waals surface area contributed by atoms with Gasteiger partial charge in [0.25, 0.3) is 0 Å². The molecule has 0 spiro atoms. The van der Waals surface area contributed by atoms with E-state index < -0.39 is 34.7 Å². The number of carbonyl (C=O) groups excluding carboxylic acids is 4. The van der Waals surface area contributed by atoms with Crippen LogP contribution in [0.3, 0.4) is 0 Å². The highest BCUT2D eigenvalue weighted by Crippen LogP contribution is 2.37. The third-order valence-corrected chi connectivity index (χ3v) is 12.6. The molecule has 0 heterocycles. The SMILES string of the molecule is CCCCCCCCCCCCCCCCC(Cc1cccc(CC(CCCCCCCCCCCCCCCC)(C(=O)OCC)C(=O)OCC)c1)(C(=O)OCC)C(=O)OCC. The third kappa shape index (κ3) is 23.7. The number of benzene rings is 1. The van der Waals surface area contributed by atoms with E-state index in [1.54, 1.807) is 27.7 Å². The molecule has 0 saturated carbocycles. The van der Waals surface area contributed by atoms with Crippen molar-refractivity contribution in [2.24, 2.45) is 10.8 Å². The quantitative estimate of drug-likeness (QED) is 0.0277. The van der Waals surface area contributed by atoms with Crippen molar-refractivity contribution in [2.75, 3.05) is 26.4 Å².